The van der Waals surface area contributed by atoms with E-state index >= 15 is 0 Å². The molecule has 0 aliphatic rings. The number of nitrogens with zero attached hydrogens (tertiary/aromatic N) is 2. The van der Waals surface area contributed by atoms with Gasteiger partial charge in [0.25, 0.3) is 0 Å². The van der Waals surface area contributed by atoms with E-state index in [9.17, 15) is 0 Å². The molecule has 0 spiro atoms. The first-order chi connectivity index (χ1) is 9.24. The van der Waals surface area contributed by atoms with E-state index in [4.69, 9.17) is 10.00 Å². The Kier molecular flexibility index (Phi) is 4.11. The van der Waals surface area contributed by atoms with Crippen molar-refractivity contribution in [3.8, 4) is 17.7 Å². The van der Waals surface area contributed by atoms with E-state index < -0.39 is 0 Å². The van der Waals surface area contributed by atoms with Gasteiger partial charge in [0.15, 0.2) is 0 Å². The van der Waals surface area contributed by atoms with Crippen LogP contribution >= 0.6 is 0 Å². The predicted molar refractivity (Wildman–Crippen MR) is 72.9 cm³/mol. The second-order valence-electron chi connectivity index (χ2n) is 4.15. The monoisotopic (exact) mass is 253 g/mol. The summed E-state index contributed by atoms with van der Waals surface area (Å²) in [6.07, 6.45) is 1.77. The van der Waals surface area contributed by atoms with Crippen LogP contribution in [0.2, 0.25) is 0 Å². The largest absolute Gasteiger partial charge is 0.438 e. The van der Waals surface area contributed by atoms with Crippen LogP contribution in [0.3, 0.4) is 0 Å². The van der Waals surface area contributed by atoms with Gasteiger partial charge >= 0.3 is 0 Å². The number of nitriles is 1. The molecule has 4 heteroatoms. The average molecular weight is 253 g/mol. The van der Waals surface area contributed by atoms with Crippen molar-refractivity contribution in [1.29, 1.82) is 5.26 Å². The molecule has 2 rings (SSSR count). The molecule has 0 saturated carbocycles. The third kappa shape index (κ3) is 3.09. The highest BCUT2D eigenvalue weighted by atomic mass is 16.5. The molecule has 1 aromatic carbocycles. The van der Waals surface area contributed by atoms with Crippen molar-refractivity contribution in [1.82, 2.24) is 10.3 Å². The molecule has 0 aliphatic heterocycles. The Bertz CT molecular complexity index is 587. The van der Waals surface area contributed by atoms with Gasteiger partial charge in [0.2, 0.25) is 5.88 Å². The van der Waals surface area contributed by atoms with E-state index in [0.717, 1.165) is 5.56 Å². The molecule has 1 N–H and O–H groups in total. The van der Waals surface area contributed by atoms with Gasteiger partial charge < -0.3 is 10.1 Å². The highest BCUT2D eigenvalue weighted by Crippen LogP contribution is 2.23. The molecule has 1 atom stereocenters. The zero-order chi connectivity index (χ0) is 13.7. The average Bonchev–Trinajstić information content (AvgIpc) is 2.48. The lowest BCUT2D eigenvalue weighted by atomic mass is 10.1. The highest BCUT2D eigenvalue weighted by Gasteiger charge is 2.06. The second-order valence-corrected chi connectivity index (χ2v) is 4.15. The molecule has 19 heavy (non-hydrogen) atoms. The number of hydrogen-bond donors (Lipinski definition) is 1. The molecular weight excluding hydrogens is 238 g/mol. The van der Waals surface area contributed by atoms with Gasteiger partial charge in [0.1, 0.15) is 11.8 Å². The van der Waals surface area contributed by atoms with E-state index in [1.807, 2.05) is 19.2 Å². The van der Waals surface area contributed by atoms with Gasteiger partial charge in [-0.3, -0.25) is 0 Å². The molecule has 0 amide bonds. The lowest BCUT2D eigenvalue weighted by Gasteiger charge is -2.11. The lowest BCUT2D eigenvalue weighted by Crippen LogP contribution is -2.12. The third-order valence-electron chi connectivity index (χ3n) is 2.91. The molecule has 0 radical (unpaired) electrons. The number of aromatic nitrogens is 1. The maximum absolute atomic E-state index is 8.99. The fourth-order valence-corrected chi connectivity index (χ4v) is 1.64. The summed E-state index contributed by atoms with van der Waals surface area (Å²) in [6, 6.07) is 13.2. The molecule has 96 valence electrons. The topological polar surface area (TPSA) is 57.9 Å². The SMILES string of the molecule is CNC(C)c1ccc(Oc2ccccc2C#N)nc1. The normalized spacial score (nSPS) is 11.6. The lowest BCUT2D eigenvalue weighted by molar-refractivity contribution is 0.460. The van der Waals surface area contributed by atoms with Gasteiger partial charge in [-0.1, -0.05) is 18.2 Å². The van der Waals surface area contributed by atoms with Gasteiger partial charge in [0.05, 0.1) is 5.56 Å². The van der Waals surface area contributed by atoms with Crippen molar-refractivity contribution in [2.45, 2.75) is 13.0 Å². The van der Waals surface area contributed by atoms with E-state index in [-0.39, 0.29) is 6.04 Å². The molecule has 0 fully saturated rings. The first kappa shape index (κ1) is 13.1. The van der Waals surface area contributed by atoms with Crippen molar-refractivity contribution in [3.63, 3.8) is 0 Å². The molecule has 0 saturated heterocycles. The van der Waals surface area contributed by atoms with Crippen LogP contribution in [0, 0.1) is 11.3 Å². The smallest absolute Gasteiger partial charge is 0.219 e. The standard InChI is InChI=1S/C15H15N3O/c1-11(17-2)13-7-8-15(18-10-13)19-14-6-4-3-5-12(14)9-16/h3-8,10-11,17H,1-2H3. The second kappa shape index (κ2) is 5.98. The highest BCUT2D eigenvalue weighted by molar-refractivity contribution is 5.44. The van der Waals surface area contributed by atoms with Crippen LogP contribution in [0.4, 0.5) is 0 Å². The minimum absolute atomic E-state index is 0.243. The fourth-order valence-electron chi connectivity index (χ4n) is 1.64. The molecule has 2 aromatic rings. The van der Waals surface area contributed by atoms with Crippen molar-refractivity contribution < 1.29 is 4.74 Å². The van der Waals surface area contributed by atoms with Crippen LogP contribution in [0.25, 0.3) is 0 Å². The number of ether oxygens (including phenoxy) is 1. The zero-order valence-corrected chi connectivity index (χ0v) is 10.9. The predicted octanol–water partition coefficient (Wildman–Crippen LogP) is 3.03. The van der Waals surface area contributed by atoms with Gasteiger partial charge in [-0.05, 0) is 31.7 Å². The summed E-state index contributed by atoms with van der Waals surface area (Å²) < 4.78 is 5.61. The van der Waals surface area contributed by atoms with E-state index in [1.54, 1.807) is 30.5 Å². The number of rotatable bonds is 4. The summed E-state index contributed by atoms with van der Waals surface area (Å²) in [5, 5.41) is 12.1. The van der Waals surface area contributed by atoms with E-state index in [0.29, 0.717) is 17.2 Å². The van der Waals surface area contributed by atoms with Crippen LogP contribution in [0.5, 0.6) is 11.6 Å². The first-order valence-electron chi connectivity index (χ1n) is 6.05. The van der Waals surface area contributed by atoms with Crippen LogP contribution < -0.4 is 10.1 Å². The van der Waals surface area contributed by atoms with Gasteiger partial charge in [0, 0.05) is 18.3 Å². The Morgan fingerprint density at radius 1 is 1.26 bits per heavy atom. The number of para-hydroxylation sites is 1. The minimum Gasteiger partial charge on any atom is -0.438 e. The molecule has 0 aliphatic carbocycles. The summed E-state index contributed by atoms with van der Waals surface area (Å²) in [4.78, 5) is 4.25. The Hall–Kier alpha value is -2.38. The zero-order valence-electron chi connectivity index (χ0n) is 10.9. The summed E-state index contributed by atoms with van der Waals surface area (Å²) in [5.74, 6) is 1.00. The summed E-state index contributed by atoms with van der Waals surface area (Å²) in [7, 11) is 1.90. The summed E-state index contributed by atoms with van der Waals surface area (Å²) >= 11 is 0. The molecule has 1 heterocycles. The quantitative estimate of drug-likeness (QED) is 0.909. The van der Waals surface area contributed by atoms with Crippen molar-refractivity contribution >= 4 is 0 Å². The maximum Gasteiger partial charge on any atom is 0.219 e. The van der Waals surface area contributed by atoms with Crippen molar-refractivity contribution in [2.75, 3.05) is 7.05 Å². The number of nitrogens with one attached hydrogen (secondary N) is 1. The van der Waals surface area contributed by atoms with Gasteiger partial charge in [-0.15, -0.1) is 0 Å². The minimum atomic E-state index is 0.243. The van der Waals surface area contributed by atoms with Gasteiger partial charge in [-0.25, -0.2) is 4.98 Å². The molecule has 4 nitrogen and oxygen atoms in total. The van der Waals surface area contributed by atoms with Crippen molar-refractivity contribution in [3.05, 3.63) is 53.7 Å². The molecular formula is C15H15N3O. The molecule has 1 unspecified atom stereocenters. The number of pyridine rings is 1. The summed E-state index contributed by atoms with van der Waals surface area (Å²) in [5.41, 5.74) is 1.58. The first-order valence-corrected chi connectivity index (χ1v) is 6.05. The third-order valence-corrected chi connectivity index (χ3v) is 2.91. The Balaban J connectivity index is 2.18. The number of benzene rings is 1. The van der Waals surface area contributed by atoms with Crippen LogP contribution in [-0.2, 0) is 0 Å². The van der Waals surface area contributed by atoms with E-state index in [2.05, 4.69) is 23.3 Å². The van der Waals surface area contributed by atoms with Crippen molar-refractivity contribution in [2.24, 2.45) is 0 Å². The van der Waals surface area contributed by atoms with Crippen LogP contribution in [0.15, 0.2) is 42.6 Å². The summed E-state index contributed by atoms with van der Waals surface area (Å²) in [6.45, 7) is 2.06. The van der Waals surface area contributed by atoms with Crippen LogP contribution in [0.1, 0.15) is 24.1 Å². The van der Waals surface area contributed by atoms with Gasteiger partial charge in [-0.2, -0.15) is 5.26 Å². The molecule has 1 aromatic heterocycles. The molecule has 0 bridgehead atoms. The maximum atomic E-state index is 8.99. The number of hydrogen-bond acceptors (Lipinski definition) is 4. The Morgan fingerprint density at radius 3 is 2.68 bits per heavy atom. The van der Waals surface area contributed by atoms with Crippen LogP contribution in [-0.4, -0.2) is 12.0 Å². The van der Waals surface area contributed by atoms with E-state index in [1.165, 1.54) is 0 Å². The Morgan fingerprint density at radius 2 is 2.05 bits per heavy atom. The fraction of sp³-hybridized carbons (Fsp3) is 0.200. The Labute approximate surface area is 112 Å².